The van der Waals surface area contributed by atoms with E-state index in [-0.39, 0.29) is 20.1 Å². The van der Waals surface area contributed by atoms with E-state index < -0.39 is 0 Å². The van der Waals surface area contributed by atoms with Crippen LogP contribution in [0.15, 0.2) is 332 Å². The second-order valence-electron chi connectivity index (χ2n) is 23.2. The number of hydrogen-bond donors (Lipinski definition) is 0. The van der Waals surface area contributed by atoms with Gasteiger partial charge in [-0.1, -0.05) is 158 Å². The number of furan rings is 1. The molecule has 6 heterocycles. The summed E-state index contributed by atoms with van der Waals surface area (Å²) in [5.74, 6) is 0. The van der Waals surface area contributed by atoms with E-state index in [2.05, 4.69) is 297 Å². The Labute approximate surface area is 555 Å². The second-order valence-corrected chi connectivity index (χ2v) is 23.2. The molecule has 0 saturated carbocycles. The fraction of sp³-hybridized carbons (Fsp3) is 0. The third-order valence-corrected chi connectivity index (χ3v) is 17.7. The van der Waals surface area contributed by atoms with Crippen LogP contribution in [0.2, 0.25) is 0 Å². The van der Waals surface area contributed by atoms with Crippen molar-refractivity contribution in [2.45, 2.75) is 0 Å². The molecular formula is C87H54IrN5O. The van der Waals surface area contributed by atoms with Gasteiger partial charge in [0.25, 0.3) is 0 Å². The molecule has 0 saturated heterocycles. The van der Waals surface area contributed by atoms with Crippen LogP contribution < -0.4 is 0 Å². The van der Waals surface area contributed by atoms with Crippen LogP contribution >= 0.6 is 0 Å². The number of nitrogens with zero attached hydrogens (tertiary/aromatic N) is 5. The number of aromatic nitrogens is 5. The summed E-state index contributed by atoms with van der Waals surface area (Å²) < 4.78 is 11.2. The molecule has 6 aromatic heterocycles. The standard InChI is InChI=1S/C48H30N2O.3C13H8N.Ir/c1-3-11-31(12-4-1)32-19-23-46-39(27-32)38-16-8-10-18-44(38)50(46)36-22-26-48-42(30-36)41-29-34(21-25-47(41)51-48)33-20-24-45-40(28-33)37-15-7-9-17-43(37)49(45)35-13-5-2-6-14-35;3*1-2-6-12-10(4-1)7-8-11-5-3-9-14-13(11)12;/h1-30H;3*1-5,7-9H;/q;3*-1;+3. The van der Waals surface area contributed by atoms with E-state index in [1.165, 1.54) is 104 Å². The number of benzene rings is 14. The van der Waals surface area contributed by atoms with Crippen LogP contribution in [0.1, 0.15) is 0 Å². The molecule has 442 valence electrons. The number of hydrogen-bond acceptors (Lipinski definition) is 4. The molecule has 0 bridgehead atoms. The number of pyridine rings is 3. The van der Waals surface area contributed by atoms with Crippen molar-refractivity contribution in [3.8, 4) is 33.6 Å². The van der Waals surface area contributed by atoms with Crippen LogP contribution in [0.4, 0.5) is 0 Å². The SMILES string of the molecule is [Ir+3].[c-]1cccc2ccc3cccnc3c12.[c-]1cccc2ccc3cccnc3c12.[c-]1cccc2ccc3cccnc3c12.c1ccc(-c2ccc3c(c2)c2ccccc2n3-c2ccc3oc4ccc(-c5ccc6c(c5)c5ccccc5n6-c5ccccc5)cc4c3c2)cc1. The van der Waals surface area contributed by atoms with Gasteiger partial charge in [-0.2, -0.15) is 0 Å². The van der Waals surface area contributed by atoms with E-state index in [4.69, 9.17) is 4.42 Å². The zero-order valence-electron chi connectivity index (χ0n) is 50.7. The van der Waals surface area contributed by atoms with Gasteiger partial charge >= 0.3 is 20.1 Å². The van der Waals surface area contributed by atoms with Gasteiger partial charge in [-0.15, -0.1) is 105 Å². The molecule has 14 aromatic carbocycles. The smallest absolute Gasteiger partial charge is 0.456 e. The number of fused-ring (bicyclic) bond motifs is 18. The Bertz CT molecular complexity index is 5780. The molecule has 20 rings (SSSR count). The van der Waals surface area contributed by atoms with E-state index in [0.29, 0.717) is 0 Å². The summed E-state index contributed by atoms with van der Waals surface area (Å²) in [6, 6.07) is 118. The van der Waals surface area contributed by atoms with E-state index in [9.17, 15) is 0 Å². The Morgan fingerprint density at radius 3 is 1.13 bits per heavy atom. The number of para-hydroxylation sites is 3. The molecule has 0 N–H and O–H groups in total. The monoisotopic (exact) mass is 1380 g/mol. The average molecular weight is 1380 g/mol. The van der Waals surface area contributed by atoms with Gasteiger partial charge in [0, 0.05) is 62.3 Å². The molecule has 0 aliphatic rings. The summed E-state index contributed by atoms with van der Waals surface area (Å²) >= 11 is 0. The Morgan fingerprint density at radius 1 is 0.255 bits per heavy atom. The Balaban J connectivity index is 0.000000129. The molecule has 0 amide bonds. The van der Waals surface area contributed by atoms with Gasteiger partial charge < -0.3 is 28.5 Å². The summed E-state index contributed by atoms with van der Waals surface area (Å²) in [7, 11) is 0. The fourth-order valence-electron chi connectivity index (χ4n) is 13.4. The Morgan fingerprint density at radius 2 is 0.628 bits per heavy atom. The maximum absolute atomic E-state index is 6.42. The first-order chi connectivity index (χ1) is 46.1. The van der Waals surface area contributed by atoms with Crippen molar-refractivity contribution in [3.05, 3.63) is 346 Å². The third-order valence-electron chi connectivity index (χ3n) is 17.7. The molecule has 0 radical (unpaired) electrons. The maximum atomic E-state index is 6.42. The topological polar surface area (TPSA) is 61.7 Å². The maximum Gasteiger partial charge on any atom is 3.00 e. The van der Waals surface area contributed by atoms with E-state index in [0.717, 1.165) is 60.3 Å². The Hall–Kier alpha value is -11.9. The first-order valence-corrected chi connectivity index (χ1v) is 31.2. The van der Waals surface area contributed by atoms with Gasteiger partial charge in [0.2, 0.25) is 0 Å². The quantitative estimate of drug-likeness (QED) is 0.130. The van der Waals surface area contributed by atoms with Gasteiger partial charge in [0.05, 0.1) is 22.1 Å². The van der Waals surface area contributed by atoms with Gasteiger partial charge in [-0.3, -0.25) is 0 Å². The first-order valence-electron chi connectivity index (χ1n) is 31.2. The molecule has 0 unspecified atom stereocenters. The van der Waals surface area contributed by atoms with E-state index >= 15 is 0 Å². The summed E-state index contributed by atoms with van der Waals surface area (Å²) in [6.07, 6.45) is 5.47. The van der Waals surface area contributed by atoms with Crippen molar-refractivity contribution in [1.29, 1.82) is 0 Å². The summed E-state index contributed by atoms with van der Waals surface area (Å²) in [4.78, 5) is 13.1. The van der Waals surface area contributed by atoms with Crippen molar-refractivity contribution in [3.63, 3.8) is 0 Å². The molecule has 0 spiro atoms. The normalized spacial score (nSPS) is 11.3. The van der Waals surface area contributed by atoms with Crippen molar-refractivity contribution in [2.24, 2.45) is 0 Å². The predicted molar refractivity (Wildman–Crippen MR) is 388 cm³/mol. The average Bonchev–Trinajstić information content (AvgIpc) is 1.61. The minimum atomic E-state index is 0. The largest absolute Gasteiger partial charge is 3.00 e. The van der Waals surface area contributed by atoms with Crippen LogP contribution in [0.3, 0.4) is 0 Å². The van der Waals surface area contributed by atoms with Crippen LogP contribution in [-0.4, -0.2) is 24.1 Å². The molecule has 0 aliphatic carbocycles. The van der Waals surface area contributed by atoms with Gasteiger partial charge in [0.15, 0.2) is 0 Å². The minimum Gasteiger partial charge on any atom is -0.456 e. The zero-order valence-corrected chi connectivity index (χ0v) is 53.0. The van der Waals surface area contributed by atoms with Crippen molar-refractivity contribution in [2.75, 3.05) is 0 Å². The molecular weight excluding hydrogens is 1320 g/mol. The predicted octanol–water partition coefficient (Wildman–Crippen LogP) is 22.7. The first kappa shape index (κ1) is 57.3. The van der Waals surface area contributed by atoms with Crippen LogP contribution in [-0.2, 0) is 20.1 Å². The second kappa shape index (κ2) is 24.7. The van der Waals surface area contributed by atoms with Crippen LogP contribution in [0.5, 0.6) is 0 Å². The summed E-state index contributed by atoms with van der Waals surface area (Å²) in [5, 5.41) is 17.6. The van der Waals surface area contributed by atoms with Crippen molar-refractivity contribution >= 4 is 131 Å². The van der Waals surface area contributed by atoms with Gasteiger partial charge in [0.1, 0.15) is 11.2 Å². The third kappa shape index (κ3) is 10.5. The Kier molecular flexibility index (Phi) is 15.1. The molecule has 20 aromatic rings. The van der Waals surface area contributed by atoms with Crippen LogP contribution in [0.25, 0.3) is 164 Å². The summed E-state index contributed by atoms with van der Waals surface area (Å²) in [5.41, 5.74) is 16.7. The van der Waals surface area contributed by atoms with E-state index in [1.807, 2.05) is 73.2 Å². The van der Waals surface area contributed by atoms with Gasteiger partial charge in [-0.25, -0.2) is 0 Å². The van der Waals surface area contributed by atoms with Gasteiger partial charge in [-0.05, 0) is 152 Å². The molecule has 94 heavy (non-hydrogen) atoms. The minimum absolute atomic E-state index is 0. The fourth-order valence-corrected chi connectivity index (χ4v) is 13.4. The van der Waals surface area contributed by atoms with Crippen LogP contribution in [0, 0.1) is 18.2 Å². The summed E-state index contributed by atoms with van der Waals surface area (Å²) in [6.45, 7) is 0. The zero-order chi connectivity index (χ0) is 61.6. The molecule has 0 fully saturated rings. The van der Waals surface area contributed by atoms with Crippen molar-refractivity contribution < 1.29 is 24.5 Å². The molecule has 0 atom stereocenters. The number of rotatable bonds is 4. The molecule has 0 aliphatic heterocycles. The van der Waals surface area contributed by atoms with Crippen molar-refractivity contribution in [1.82, 2.24) is 24.1 Å². The van der Waals surface area contributed by atoms with E-state index in [1.54, 1.807) is 0 Å². The molecule has 6 nitrogen and oxygen atoms in total. The molecule has 7 heteroatoms.